The lowest BCUT2D eigenvalue weighted by Crippen LogP contribution is -2.38. The van der Waals surface area contributed by atoms with Crippen LogP contribution in [0.2, 0.25) is 0 Å². The largest absolute Gasteiger partial charge is 0.383 e. The van der Waals surface area contributed by atoms with Crippen molar-refractivity contribution in [2.24, 2.45) is 5.41 Å². The summed E-state index contributed by atoms with van der Waals surface area (Å²) in [6, 6.07) is 0. The molecule has 1 saturated heterocycles. The van der Waals surface area contributed by atoms with Crippen molar-refractivity contribution in [2.45, 2.75) is 45.1 Å². The predicted octanol–water partition coefficient (Wildman–Crippen LogP) is 2.18. The number of hydrogen-bond donors (Lipinski definition) is 1. The molecule has 0 bridgehead atoms. The minimum atomic E-state index is -0.783. The van der Waals surface area contributed by atoms with Crippen molar-refractivity contribution in [3.63, 3.8) is 0 Å². The molecule has 4 heteroatoms. The molecule has 1 aromatic heterocycles. The van der Waals surface area contributed by atoms with Crippen LogP contribution in [-0.2, 0) is 18.4 Å². The SMILES string of the molecule is CN1CCC2(CC1)Cc1nc(C(C)(C)O)sc1C2. The zero-order chi connectivity index (χ0) is 13.0. The Morgan fingerprint density at radius 3 is 2.50 bits per heavy atom. The quantitative estimate of drug-likeness (QED) is 0.846. The van der Waals surface area contributed by atoms with Crippen LogP contribution in [0.25, 0.3) is 0 Å². The molecular formula is C14H22N2OS. The molecule has 0 unspecified atom stereocenters. The molecule has 1 spiro atoms. The Morgan fingerprint density at radius 1 is 1.28 bits per heavy atom. The second-order valence-electron chi connectivity index (χ2n) is 6.60. The molecule has 3 nitrogen and oxygen atoms in total. The van der Waals surface area contributed by atoms with Crippen LogP contribution in [0.1, 0.15) is 42.3 Å². The average molecular weight is 266 g/mol. The first-order valence-corrected chi connectivity index (χ1v) is 7.60. The molecule has 0 atom stereocenters. The molecule has 2 heterocycles. The summed E-state index contributed by atoms with van der Waals surface area (Å²) in [7, 11) is 2.21. The van der Waals surface area contributed by atoms with Gasteiger partial charge in [0.15, 0.2) is 0 Å². The number of piperidine rings is 1. The average Bonchev–Trinajstić information content (AvgIpc) is 2.77. The molecular weight excluding hydrogens is 244 g/mol. The van der Waals surface area contributed by atoms with E-state index in [4.69, 9.17) is 0 Å². The van der Waals surface area contributed by atoms with Gasteiger partial charge in [-0.25, -0.2) is 4.98 Å². The van der Waals surface area contributed by atoms with Gasteiger partial charge in [0.25, 0.3) is 0 Å². The van der Waals surface area contributed by atoms with Crippen LogP contribution < -0.4 is 0 Å². The van der Waals surface area contributed by atoms with Crippen LogP contribution in [0, 0.1) is 5.41 Å². The van der Waals surface area contributed by atoms with E-state index in [1.165, 1.54) is 42.9 Å². The Bertz CT molecular complexity index is 427. The van der Waals surface area contributed by atoms with Crippen molar-refractivity contribution >= 4 is 11.3 Å². The Hall–Kier alpha value is -0.450. The van der Waals surface area contributed by atoms with E-state index in [2.05, 4.69) is 16.9 Å². The smallest absolute Gasteiger partial charge is 0.124 e. The highest BCUT2D eigenvalue weighted by molar-refractivity contribution is 7.11. The first-order chi connectivity index (χ1) is 8.38. The Morgan fingerprint density at radius 2 is 1.94 bits per heavy atom. The van der Waals surface area contributed by atoms with Gasteiger partial charge in [-0.2, -0.15) is 0 Å². The van der Waals surface area contributed by atoms with E-state index in [1.54, 1.807) is 11.3 Å². The standard InChI is InChI=1S/C14H22N2OS/c1-13(2,17)12-15-10-8-14(9-11(10)18-12)4-6-16(3)7-5-14/h17H,4-9H2,1-3H3. The number of aromatic nitrogens is 1. The van der Waals surface area contributed by atoms with Gasteiger partial charge < -0.3 is 10.0 Å². The summed E-state index contributed by atoms with van der Waals surface area (Å²) in [6.07, 6.45) is 4.90. The number of hydrogen-bond acceptors (Lipinski definition) is 4. The third-order valence-electron chi connectivity index (χ3n) is 4.43. The van der Waals surface area contributed by atoms with Crippen molar-refractivity contribution in [3.8, 4) is 0 Å². The summed E-state index contributed by atoms with van der Waals surface area (Å²) < 4.78 is 0. The Labute approximate surface area is 113 Å². The maximum absolute atomic E-state index is 10.0. The molecule has 1 aliphatic carbocycles. The maximum atomic E-state index is 10.0. The van der Waals surface area contributed by atoms with Gasteiger partial charge >= 0.3 is 0 Å². The van der Waals surface area contributed by atoms with E-state index in [9.17, 15) is 5.11 Å². The van der Waals surface area contributed by atoms with E-state index in [1.807, 2.05) is 13.8 Å². The number of fused-ring (bicyclic) bond motifs is 1. The summed E-state index contributed by atoms with van der Waals surface area (Å²) in [6.45, 7) is 6.08. The predicted molar refractivity (Wildman–Crippen MR) is 73.9 cm³/mol. The van der Waals surface area contributed by atoms with Gasteiger partial charge in [0.1, 0.15) is 10.6 Å². The van der Waals surface area contributed by atoms with Crippen LogP contribution in [0.15, 0.2) is 0 Å². The second kappa shape index (κ2) is 4.02. The molecule has 1 fully saturated rings. The third-order valence-corrected chi connectivity index (χ3v) is 5.84. The number of aliphatic hydroxyl groups is 1. The molecule has 0 saturated carbocycles. The summed E-state index contributed by atoms with van der Waals surface area (Å²) >= 11 is 1.72. The first-order valence-electron chi connectivity index (χ1n) is 6.78. The number of thiazole rings is 1. The van der Waals surface area contributed by atoms with Crippen LogP contribution in [0.5, 0.6) is 0 Å². The molecule has 2 aliphatic rings. The molecule has 1 aromatic rings. The van der Waals surface area contributed by atoms with Crippen molar-refractivity contribution in [3.05, 3.63) is 15.6 Å². The maximum Gasteiger partial charge on any atom is 0.124 e. The fourth-order valence-corrected chi connectivity index (χ4v) is 4.38. The molecule has 3 rings (SSSR count). The Kier molecular flexibility index (Phi) is 2.81. The normalized spacial score (nSPS) is 23.6. The summed E-state index contributed by atoms with van der Waals surface area (Å²) in [5.74, 6) is 0. The highest BCUT2D eigenvalue weighted by Gasteiger charge is 2.42. The third kappa shape index (κ3) is 2.10. The molecule has 100 valence electrons. The zero-order valence-electron chi connectivity index (χ0n) is 11.5. The highest BCUT2D eigenvalue weighted by atomic mass is 32.1. The molecule has 1 N–H and O–H groups in total. The lowest BCUT2D eigenvalue weighted by atomic mass is 9.76. The van der Waals surface area contributed by atoms with E-state index in [0.717, 1.165) is 11.4 Å². The molecule has 0 amide bonds. The van der Waals surface area contributed by atoms with Crippen molar-refractivity contribution in [2.75, 3.05) is 20.1 Å². The number of likely N-dealkylation sites (tertiary alicyclic amines) is 1. The molecule has 1 aliphatic heterocycles. The summed E-state index contributed by atoms with van der Waals surface area (Å²) in [5.41, 5.74) is 0.968. The molecule has 0 aromatic carbocycles. The van der Waals surface area contributed by atoms with Gasteiger partial charge in [0.2, 0.25) is 0 Å². The van der Waals surface area contributed by atoms with Gasteiger partial charge in [0, 0.05) is 4.88 Å². The molecule has 0 radical (unpaired) electrons. The second-order valence-corrected chi connectivity index (χ2v) is 7.69. The number of rotatable bonds is 1. The zero-order valence-corrected chi connectivity index (χ0v) is 12.3. The first kappa shape index (κ1) is 12.6. The minimum Gasteiger partial charge on any atom is -0.383 e. The van der Waals surface area contributed by atoms with Gasteiger partial charge in [-0.3, -0.25) is 0 Å². The van der Waals surface area contributed by atoms with Crippen LogP contribution >= 0.6 is 11.3 Å². The number of nitrogens with zero attached hydrogens (tertiary/aromatic N) is 2. The van der Waals surface area contributed by atoms with Crippen molar-refractivity contribution < 1.29 is 5.11 Å². The highest BCUT2D eigenvalue weighted by Crippen LogP contribution is 2.47. The van der Waals surface area contributed by atoms with Crippen LogP contribution in [-0.4, -0.2) is 35.1 Å². The van der Waals surface area contributed by atoms with E-state index >= 15 is 0 Å². The van der Waals surface area contributed by atoms with Crippen molar-refractivity contribution in [1.82, 2.24) is 9.88 Å². The monoisotopic (exact) mass is 266 g/mol. The lowest BCUT2D eigenvalue weighted by Gasteiger charge is -2.37. The van der Waals surface area contributed by atoms with E-state index in [0.29, 0.717) is 5.41 Å². The van der Waals surface area contributed by atoms with Gasteiger partial charge in [-0.15, -0.1) is 11.3 Å². The van der Waals surface area contributed by atoms with E-state index in [-0.39, 0.29) is 0 Å². The fraction of sp³-hybridized carbons (Fsp3) is 0.786. The summed E-state index contributed by atoms with van der Waals surface area (Å²) in [4.78, 5) is 8.54. The van der Waals surface area contributed by atoms with E-state index < -0.39 is 5.60 Å². The van der Waals surface area contributed by atoms with Gasteiger partial charge in [-0.1, -0.05) is 0 Å². The minimum absolute atomic E-state index is 0.485. The van der Waals surface area contributed by atoms with Crippen LogP contribution in [0.4, 0.5) is 0 Å². The van der Waals surface area contributed by atoms with Crippen molar-refractivity contribution in [1.29, 1.82) is 0 Å². The van der Waals surface area contributed by atoms with Crippen LogP contribution in [0.3, 0.4) is 0 Å². The summed E-state index contributed by atoms with van der Waals surface area (Å²) in [5, 5.41) is 10.9. The molecule has 18 heavy (non-hydrogen) atoms. The Balaban J connectivity index is 1.79. The topological polar surface area (TPSA) is 36.4 Å². The lowest BCUT2D eigenvalue weighted by molar-refractivity contribution is 0.0777. The fourth-order valence-electron chi connectivity index (χ4n) is 3.13. The van der Waals surface area contributed by atoms with Gasteiger partial charge in [0.05, 0.1) is 5.69 Å². The van der Waals surface area contributed by atoms with Gasteiger partial charge in [-0.05, 0) is 65.1 Å².